The third-order valence-corrected chi connectivity index (χ3v) is 4.17. The Morgan fingerprint density at radius 2 is 1.84 bits per heavy atom. The fraction of sp³-hybridized carbons (Fsp3) is 0.455. The zero-order chi connectivity index (χ0) is 14.6. The number of benzene rings is 1. The minimum absolute atomic E-state index is 0.0715. The third kappa shape index (κ3) is 3.98. The average Bonchev–Trinajstić information content (AvgIpc) is 2.35. The fourth-order valence-corrected chi connectivity index (χ4v) is 2.77. The molecule has 0 unspecified atom stereocenters. The van der Waals surface area contributed by atoms with Crippen molar-refractivity contribution in [3.8, 4) is 0 Å². The number of hydrogen-bond acceptors (Lipinski definition) is 5. The molecule has 7 nitrogen and oxygen atoms in total. The van der Waals surface area contributed by atoms with E-state index in [0.29, 0.717) is 0 Å². The van der Waals surface area contributed by atoms with Crippen LogP contribution in [0.15, 0.2) is 29.2 Å². The van der Waals surface area contributed by atoms with Crippen LogP contribution in [0.25, 0.3) is 0 Å². The smallest absolute Gasteiger partial charge is 0.269 e. The summed E-state index contributed by atoms with van der Waals surface area (Å²) in [5.74, 6) is -0.0715. The van der Waals surface area contributed by atoms with Crippen LogP contribution in [0.3, 0.4) is 0 Å². The summed E-state index contributed by atoms with van der Waals surface area (Å²) < 4.78 is 26.3. The van der Waals surface area contributed by atoms with E-state index in [0.717, 1.165) is 24.3 Å². The number of nitrogens with one attached hydrogen (secondary N) is 1. The van der Waals surface area contributed by atoms with E-state index in [1.54, 1.807) is 13.8 Å². The van der Waals surface area contributed by atoms with Crippen molar-refractivity contribution in [2.24, 2.45) is 5.92 Å². The summed E-state index contributed by atoms with van der Waals surface area (Å²) in [5, 5.41) is 19.6. The molecule has 0 radical (unpaired) electrons. The van der Waals surface area contributed by atoms with E-state index in [4.69, 9.17) is 5.11 Å². The van der Waals surface area contributed by atoms with Gasteiger partial charge in [0.05, 0.1) is 16.4 Å². The molecule has 1 atom stereocenters. The maximum absolute atomic E-state index is 12.0. The molecule has 0 spiro atoms. The van der Waals surface area contributed by atoms with E-state index in [-0.39, 0.29) is 23.1 Å². The summed E-state index contributed by atoms with van der Waals surface area (Å²) in [5.41, 5.74) is -0.179. The highest BCUT2D eigenvalue weighted by Crippen LogP contribution is 2.16. The number of nitro groups is 1. The van der Waals surface area contributed by atoms with Crippen molar-refractivity contribution >= 4 is 15.7 Å². The molecule has 0 aliphatic rings. The Balaban J connectivity index is 2.97. The summed E-state index contributed by atoms with van der Waals surface area (Å²) in [6, 6.07) is 3.97. The van der Waals surface area contributed by atoms with Crippen LogP contribution in [0.2, 0.25) is 0 Å². The van der Waals surface area contributed by atoms with Gasteiger partial charge in [-0.1, -0.05) is 13.8 Å². The molecule has 1 rings (SSSR count). The van der Waals surface area contributed by atoms with Gasteiger partial charge in [0, 0.05) is 18.2 Å². The van der Waals surface area contributed by atoms with Gasteiger partial charge < -0.3 is 5.11 Å². The van der Waals surface area contributed by atoms with Gasteiger partial charge in [0.1, 0.15) is 0 Å². The second-order valence-corrected chi connectivity index (χ2v) is 6.12. The summed E-state index contributed by atoms with van der Waals surface area (Å²) in [4.78, 5) is 9.81. The third-order valence-electron chi connectivity index (χ3n) is 2.67. The molecule has 1 aromatic rings. The van der Waals surface area contributed by atoms with Crippen molar-refractivity contribution in [2.75, 3.05) is 6.61 Å². The Hall–Kier alpha value is -1.51. The van der Waals surface area contributed by atoms with Crippen molar-refractivity contribution in [3.05, 3.63) is 34.4 Å². The first-order valence-corrected chi connectivity index (χ1v) is 7.14. The van der Waals surface area contributed by atoms with Gasteiger partial charge in [-0.3, -0.25) is 10.1 Å². The molecule has 0 aliphatic heterocycles. The number of nitro benzene ring substituents is 1. The van der Waals surface area contributed by atoms with Crippen molar-refractivity contribution < 1.29 is 18.4 Å². The lowest BCUT2D eigenvalue weighted by Gasteiger charge is -2.19. The largest absolute Gasteiger partial charge is 0.395 e. The van der Waals surface area contributed by atoms with Crippen LogP contribution in [0.4, 0.5) is 5.69 Å². The van der Waals surface area contributed by atoms with E-state index in [1.165, 1.54) is 0 Å². The van der Waals surface area contributed by atoms with Crippen molar-refractivity contribution in [2.45, 2.75) is 24.8 Å². The van der Waals surface area contributed by atoms with Crippen molar-refractivity contribution in [1.29, 1.82) is 0 Å². The number of non-ortho nitro benzene ring substituents is 1. The van der Waals surface area contributed by atoms with Gasteiger partial charge in [0.2, 0.25) is 10.0 Å². The normalized spacial score (nSPS) is 13.5. The quantitative estimate of drug-likeness (QED) is 0.596. The number of nitrogens with zero attached hydrogens (tertiary/aromatic N) is 1. The average molecular weight is 288 g/mol. The van der Waals surface area contributed by atoms with Gasteiger partial charge in [0.15, 0.2) is 0 Å². The first-order valence-electron chi connectivity index (χ1n) is 5.65. The molecule has 0 heterocycles. The lowest BCUT2D eigenvalue weighted by molar-refractivity contribution is -0.384. The first kappa shape index (κ1) is 15.5. The molecular formula is C11H16N2O5S. The molecule has 2 N–H and O–H groups in total. The molecule has 0 aliphatic carbocycles. The van der Waals surface area contributed by atoms with E-state index in [1.807, 2.05) is 0 Å². The molecule has 0 saturated heterocycles. The Morgan fingerprint density at radius 3 is 2.21 bits per heavy atom. The van der Waals surface area contributed by atoms with Gasteiger partial charge in [0.25, 0.3) is 5.69 Å². The van der Waals surface area contributed by atoms with Crippen molar-refractivity contribution in [1.82, 2.24) is 4.72 Å². The van der Waals surface area contributed by atoms with Crippen LogP contribution >= 0.6 is 0 Å². The number of sulfonamides is 1. The Kier molecular flexibility index (Phi) is 4.98. The van der Waals surface area contributed by atoms with Gasteiger partial charge in [-0.25, -0.2) is 13.1 Å². The summed E-state index contributed by atoms with van der Waals surface area (Å²) in [7, 11) is -3.79. The molecule has 0 aromatic heterocycles. The highest BCUT2D eigenvalue weighted by atomic mass is 32.2. The van der Waals surface area contributed by atoms with Crippen molar-refractivity contribution in [3.63, 3.8) is 0 Å². The Morgan fingerprint density at radius 1 is 1.32 bits per heavy atom. The zero-order valence-corrected chi connectivity index (χ0v) is 11.4. The Labute approximate surface area is 111 Å². The monoisotopic (exact) mass is 288 g/mol. The van der Waals surface area contributed by atoms with Crippen LogP contribution < -0.4 is 4.72 Å². The topological polar surface area (TPSA) is 110 Å². The Bertz CT molecular complexity index is 539. The second kappa shape index (κ2) is 6.09. The number of aliphatic hydroxyl groups excluding tert-OH is 1. The molecule has 8 heteroatoms. The van der Waals surface area contributed by atoms with Gasteiger partial charge in [-0.2, -0.15) is 0 Å². The highest BCUT2D eigenvalue weighted by Gasteiger charge is 2.22. The van der Waals surface area contributed by atoms with E-state index in [2.05, 4.69) is 4.72 Å². The predicted molar refractivity (Wildman–Crippen MR) is 69.1 cm³/mol. The first-order chi connectivity index (χ1) is 8.77. The minimum atomic E-state index is -3.79. The van der Waals surface area contributed by atoms with Gasteiger partial charge in [-0.15, -0.1) is 0 Å². The molecule has 106 valence electrons. The van der Waals surface area contributed by atoms with Crippen LogP contribution in [-0.2, 0) is 10.0 Å². The SMILES string of the molecule is CC(C)[C@@H](CO)NS(=O)(=O)c1ccc([N+](=O)[O-])cc1. The lowest BCUT2D eigenvalue weighted by Crippen LogP contribution is -2.41. The molecule has 0 bridgehead atoms. The van der Waals surface area contributed by atoms with Crippen LogP contribution in [0, 0.1) is 16.0 Å². The van der Waals surface area contributed by atoms with Gasteiger partial charge >= 0.3 is 0 Å². The highest BCUT2D eigenvalue weighted by molar-refractivity contribution is 7.89. The molecule has 0 saturated carbocycles. The summed E-state index contributed by atoms with van der Waals surface area (Å²) >= 11 is 0. The second-order valence-electron chi connectivity index (χ2n) is 4.41. The van der Waals surface area contributed by atoms with Crippen LogP contribution in [-0.4, -0.2) is 31.1 Å². The lowest BCUT2D eigenvalue weighted by atomic mass is 10.1. The number of hydrogen-bond donors (Lipinski definition) is 2. The zero-order valence-electron chi connectivity index (χ0n) is 10.6. The van der Waals surface area contributed by atoms with Crippen LogP contribution in [0.1, 0.15) is 13.8 Å². The van der Waals surface area contributed by atoms with E-state index >= 15 is 0 Å². The minimum Gasteiger partial charge on any atom is -0.395 e. The fourth-order valence-electron chi connectivity index (χ4n) is 1.40. The van der Waals surface area contributed by atoms with Gasteiger partial charge in [-0.05, 0) is 18.1 Å². The van der Waals surface area contributed by atoms with Crippen LogP contribution in [0.5, 0.6) is 0 Å². The number of rotatable bonds is 6. The summed E-state index contributed by atoms with van der Waals surface area (Å²) in [6.07, 6.45) is 0. The van der Waals surface area contributed by atoms with E-state index in [9.17, 15) is 18.5 Å². The maximum atomic E-state index is 12.0. The molecule has 0 amide bonds. The number of aliphatic hydroxyl groups is 1. The maximum Gasteiger partial charge on any atom is 0.269 e. The summed E-state index contributed by atoms with van der Waals surface area (Å²) in [6.45, 7) is 3.24. The standard InChI is InChI=1S/C11H16N2O5S/c1-8(2)11(7-14)12-19(17,18)10-5-3-9(4-6-10)13(15)16/h3-6,8,11-12,14H,7H2,1-2H3/t11-/m1/s1. The molecule has 1 aromatic carbocycles. The predicted octanol–water partition coefficient (Wildman–Crippen LogP) is 0.890. The molecule has 19 heavy (non-hydrogen) atoms. The molecular weight excluding hydrogens is 272 g/mol. The van der Waals surface area contributed by atoms with E-state index < -0.39 is 21.0 Å². The molecule has 0 fully saturated rings.